The minimum absolute atomic E-state index is 0.501. The molecule has 202 valence electrons. The van der Waals surface area contributed by atoms with E-state index in [2.05, 4.69) is 118 Å². The van der Waals surface area contributed by atoms with E-state index in [1.54, 1.807) is 12.1 Å². The van der Waals surface area contributed by atoms with Crippen molar-refractivity contribution in [1.82, 2.24) is 9.13 Å². The van der Waals surface area contributed by atoms with Crippen molar-refractivity contribution in [3.05, 3.63) is 145 Å². The lowest BCUT2D eigenvalue weighted by Gasteiger charge is -2.20. The van der Waals surface area contributed by atoms with Crippen molar-refractivity contribution in [2.75, 3.05) is 0 Å². The summed E-state index contributed by atoms with van der Waals surface area (Å²) in [5, 5.41) is 30.2. The standard InChI is InChI=1S/C40H22N4/c41-23-27-17-18-28(24-42)38(44-36-16-8-6-14-32(36)34-22-20-26-10-2-4-12-30(26)40(34)44)37(27)43-35-15-7-5-13-31(35)33-21-19-25-9-1-3-11-29(25)39(33)43/h1-22H. The van der Waals surface area contributed by atoms with E-state index in [4.69, 9.17) is 0 Å². The largest absolute Gasteiger partial charge is 0.305 e. The van der Waals surface area contributed by atoms with Crippen LogP contribution in [0.3, 0.4) is 0 Å². The molecule has 0 radical (unpaired) electrons. The molecule has 0 amide bonds. The average Bonchev–Trinajstić information content (AvgIpc) is 3.61. The van der Waals surface area contributed by atoms with Crippen molar-refractivity contribution < 1.29 is 0 Å². The van der Waals surface area contributed by atoms with E-state index in [1.807, 2.05) is 24.3 Å². The van der Waals surface area contributed by atoms with Crippen molar-refractivity contribution >= 4 is 65.2 Å². The fraction of sp³-hybridized carbons (Fsp3) is 0. The fourth-order valence-electron chi connectivity index (χ4n) is 7.14. The van der Waals surface area contributed by atoms with Crippen molar-refractivity contribution in [2.45, 2.75) is 0 Å². The maximum Gasteiger partial charge on any atom is 0.101 e. The molecule has 2 heterocycles. The Balaban J connectivity index is 1.59. The number of rotatable bonds is 2. The Hall–Kier alpha value is -6.36. The highest BCUT2D eigenvalue weighted by atomic mass is 15.1. The van der Waals surface area contributed by atoms with Gasteiger partial charge in [-0.3, -0.25) is 0 Å². The Labute approximate surface area is 252 Å². The number of hydrogen-bond acceptors (Lipinski definition) is 2. The molecule has 0 N–H and O–H groups in total. The number of nitriles is 2. The van der Waals surface area contributed by atoms with Gasteiger partial charge < -0.3 is 9.13 Å². The van der Waals surface area contributed by atoms with Gasteiger partial charge in [0.1, 0.15) is 12.1 Å². The molecule has 0 aliphatic rings. The van der Waals surface area contributed by atoms with Gasteiger partial charge in [0.2, 0.25) is 0 Å². The third kappa shape index (κ3) is 3.14. The van der Waals surface area contributed by atoms with Gasteiger partial charge in [0.05, 0.1) is 44.6 Å². The molecule has 44 heavy (non-hydrogen) atoms. The van der Waals surface area contributed by atoms with E-state index in [0.717, 1.165) is 65.2 Å². The summed E-state index contributed by atoms with van der Waals surface area (Å²) >= 11 is 0. The van der Waals surface area contributed by atoms with Crippen LogP contribution in [0.25, 0.3) is 76.5 Å². The summed E-state index contributed by atoms with van der Waals surface area (Å²) in [4.78, 5) is 0. The van der Waals surface area contributed by atoms with Crippen LogP contribution in [0.5, 0.6) is 0 Å². The first-order valence-corrected chi connectivity index (χ1v) is 14.6. The number of para-hydroxylation sites is 2. The third-order valence-electron chi connectivity index (χ3n) is 8.96. The van der Waals surface area contributed by atoms with Crippen LogP contribution in [0.2, 0.25) is 0 Å². The molecule has 0 bridgehead atoms. The zero-order chi connectivity index (χ0) is 29.4. The molecule has 0 atom stereocenters. The van der Waals surface area contributed by atoms with Gasteiger partial charge in [-0.25, -0.2) is 0 Å². The monoisotopic (exact) mass is 558 g/mol. The van der Waals surface area contributed by atoms with Crippen LogP contribution < -0.4 is 0 Å². The van der Waals surface area contributed by atoms with E-state index < -0.39 is 0 Å². The average molecular weight is 559 g/mol. The van der Waals surface area contributed by atoms with Crippen LogP contribution in [-0.2, 0) is 0 Å². The first-order chi connectivity index (χ1) is 21.8. The minimum Gasteiger partial charge on any atom is -0.305 e. The van der Waals surface area contributed by atoms with Gasteiger partial charge in [-0.2, -0.15) is 10.5 Å². The number of fused-ring (bicyclic) bond motifs is 10. The van der Waals surface area contributed by atoms with Gasteiger partial charge in [0, 0.05) is 32.3 Å². The lowest BCUT2D eigenvalue weighted by atomic mass is 10.0. The number of hydrogen-bond donors (Lipinski definition) is 0. The van der Waals surface area contributed by atoms with Crippen LogP contribution >= 0.6 is 0 Å². The first kappa shape index (κ1) is 24.3. The molecule has 9 rings (SSSR count). The van der Waals surface area contributed by atoms with Crippen molar-refractivity contribution in [2.24, 2.45) is 0 Å². The van der Waals surface area contributed by atoms with Gasteiger partial charge in [-0.05, 0) is 35.0 Å². The molecule has 2 aromatic heterocycles. The predicted octanol–water partition coefficient (Wildman–Crippen LogP) is 9.93. The molecule has 7 aromatic carbocycles. The first-order valence-electron chi connectivity index (χ1n) is 14.6. The maximum absolute atomic E-state index is 10.7. The van der Waals surface area contributed by atoms with Crippen molar-refractivity contribution in [3.63, 3.8) is 0 Å². The Bertz CT molecular complexity index is 2550. The smallest absolute Gasteiger partial charge is 0.101 e. The maximum atomic E-state index is 10.7. The summed E-state index contributed by atoms with van der Waals surface area (Å²) in [7, 11) is 0. The normalized spacial score (nSPS) is 11.6. The molecule has 0 spiro atoms. The Morgan fingerprint density at radius 3 is 1.18 bits per heavy atom. The second-order valence-corrected chi connectivity index (χ2v) is 11.2. The second kappa shape index (κ2) is 9.07. The molecular formula is C40H22N4. The number of aromatic nitrogens is 2. The molecule has 4 heteroatoms. The number of benzene rings is 7. The van der Waals surface area contributed by atoms with Crippen molar-refractivity contribution in [3.8, 4) is 23.5 Å². The van der Waals surface area contributed by atoms with E-state index in [1.165, 1.54) is 0 Å². The van der Waals surface area contributed by atoms with E-state index in [-0.39, 0.29) is 0 Å². The van der Waals surface area contributed by atoms with E-state index >= 15 is 0 Å². The van der Waals surface area contributed by atoms with Gasteiger partial charge in [0.15, 0.2) is 0 Å². The molecule has 0 saturated carbocycles. The molecule has 0 aliphatic heterocycles. The van der Waals surface area contributed by atoms with Gasteiger partial charge in [-0.1, -0.05) is 109 Å². The predicted molar refractivity (Wildman–Crippen MR) is 180 cm³/mol. The van der Waals surface area contributed by atoms with Crippen LogP contribution in [0, 0.1) is 22.7 Å². The summed E-state index contributed by atoms with van der Waals surface area (Å²) in [6, 6.07) is 50.6. The van der Waals surface area contributed by atoms with Gasteiger partial charge in [-0.15, -0.1) is 0 Å². The fourth-order valence-corrected chi connectivity index (χ4v) is 7.14. The molecular weight excluding hydrogens is 536 g/mol. The summed E-state index contributed by atoms with van der Waals surface area (Å²) in [5.74, 6) is 0. The molecule has 0 fully saturated rings. The molecule has 0 saturated heterocycles. The molecule has 9 aromatic rings. The van der Waals surface area contributed by atoms with Crippen LogP contribution in [0.4, 0.5) is 0 Å². The lowest BCUT2D eigenvalue weighted by molar-refractivity contribution is 1.08. The number of nitrogens with zero attached hydrogens (tertiary/aromatic N) is 4. The summed E-state index contributed by atoms with van der Waals surface area (Å²) in [6.45, 7) is 0. The Kier molecular flexibility index (Phi) is 5.00. The highest BCUT2D eigenvalue weighted by Gasteiger charge is 2.26. The highest BCUT2D eigenvalue weighted by Crippen LogP contribution is 2.43. The minimum atomic E-state index is 0.501. The van der Waals surface area contributed by atoms with Gasteiger partial charge >= 0.3 is 0 Å². The SMILES string of the molecule is N#Cc1ccc(C#N)c(-n2c3ccccc3c3ccc4ccccc4c32)c1-n1c2ccccc2c2ccc3ccccc3c21. The van der Waals surface area contributed by atoms with E-state index in [9.17, 15) is 10.5 Å². The third-order valence-corrected chi connectivity index (χ3v) is 8.96. The second-order valence-electron chi connectivity index (χ2n) is 11.2. The zero-order valence-corrected chi connectivity index (χ0v) is 23.5. The van der Waals surface area contributed by atoms with Crippen molar-refractivity contribution in [1.29, 1.82) is 10.5 Å². The summed E-state index contributed by atoms with van der Waals surface area (Å²) in [6.07, 6.45) is 0. The zero-order valence-electron chi connectivity index (χ0n) is 23.5. The lowest BCUT2D eigenvalue weighted by Crippen LogP contribution is -2.08. The summed E-state index contributed by atoms with van der Waals surface area (Å²) in [5.41, 5.74) is 6.40. The Morgan fingerprint density at radius 2 is 0.750 bits per heavy atom. The topological polar surface area (TPSA) is 57.4 Å². The van der Waals surface area contributed by atoms with Crippen LogP contribution in [0.15, 0.2) is 133 Å². The van der Waals surface area contributed by atoms with Gasteiger partial charge in [0.25, 0.3) is 0 Å². The Morgan fingerprint density at radius 1 is 0.364 bits per heavy atom. The van der Waals surface area contributed by atoms with Crippen LogP contribution in [0.1, 0.15) is 11.1 Å². The molecule has 4 nitrogen and oxygen atoms in total. The quantitative estimate of drug-likeness (QED) is 0.212. The van der Waals surface area contributed by atoms with Crippen LogP contribution in [-0.4, -0.2) is 9.13 Å². The highest BCUT2D eigenvalue weighted by molar-refractivity contribution is 6.21. The molecule has 0 unspecified atom stereocenters. The van der Waals surface area contributed by atoms with E-state index in [0.29, 0.717) is 22.5 Å². The summed E-state index contributed by atoms with van der Waals surface area (Å²) < 4.78 is 4.43. The molecule has 0 aliphatic carbocycles.